The van der Waals surface area contributed by atoms with E-state index in [1.54, 1.807) is 11.3 Å². The second kappa shape index (κ2) is 3.52. The maximum Gasteiger partial charge on any atom is 0.283 e. The van der Waals surface area contributed by atoms with Crippen molar-refractivity contribution in [1.29, 1.82) is 0 Å². The van der Waals surface area contributed by atoms with Gasteiger partial charge in [0.15, 0.2) is 4.77 Å². The number of rotatable bonds is 0. The molecule has 0 fully saturated rings. The van der Waals surface area contributed by atoms with Gasteiger partial charge in [0.1, 0.15) is 4.83 Å². The molecular formula is C11H10N4OS2. The normalized spacial score (nSPS) is 15.3. The highest BCUT2D eigenvalue weighted by molar-refractivity contribution is 7.71. The Morgan fingerprint density at radius 2 is 2.17 bits per heavy atom. The number of thiophene rings is 1. The van der Waals surface area contributed by atoms with Crippen LogP contribution in [0.1, 0.15) is 23.3 Å². The fourth-order valence-corrected chi connectivity index (χ4v) is 4.06. The highest BCUT2D eigenvalue weighted by atomic mass is 32.1. The summed E-state index contributed by atoms with van der Waals surface area (Å²) in [5, 5.41) is 3.60. The number of H-pyrrole nitrogens is 2. The lowest BCUT2D eigenvalue weighted by molar-refractivity contribution is 0.699. The molecule has 5 nitrogen and oxygen atoms in total. The number of aromatic amines is 2. The molecule has 0 saturated heterocycles. The Morgan fingerprint density at radius 3 is 3.06 bits per heavy atom. The van der Waals surface area contributed by atoms with Crippen LogP contribution >= 0.6 is 23.6 Å². The van der Waals surface area contributed by atoms with Gasteiger partial charge in [-0.15, -0.1) is 11.3 Å². The third-order valence-electron chi connectivity index (χ3n) is 3.43. The number of aromatic nitrogens is 4. The van der Waals surface area contributed by atoms with E-state index in [0.717, 1.165) is 29.5 Å². The summed E-state index contributed by atoms with van der Waals surface area (Å²) in [6.07, 6.45) is 4.43. The van der Waals surface area contributed by atoms with Gasteiger partial charge < -0.3 is 0 Å². The summed E-state index contributed by atoms with van der Waals surface area (Å²) >= 11 is 6.64. The number of aryl methyl sites for hydroxylation is 2. The Bertz CT molecular complexity index is 882. The third kappa shape index (κ3) is 1.28. The predicted molar refractivity (Wildman–Crippen MR) is 73.0 cm³/mol. The molecule has 1 aliphatic carbocycles. The predicted octanol–water partition coefficient (Wildman–Crippen LogP) is 2.17. The van der Waals surface area contributed by atoms with Gasteiger partial charge in [-0.05, 0) is 43.5 Å². The first-order valence-electron chi connectivity index (χ1n) is 5.89. The van der Waals surface area contributed by atoms with Crippen molar-refractivity contribution in [1.82, 2.24) is 19.6 Å². The molecule has 0 aliphatic heterocycles. The van der Waals surface area contributed by atoms with Gasteiger partial charge in [0.25, 0.3) is 5.56 Å². The zero-order valence-electron chi connectivity index (χ0n) is 9.45. The van der Waals surface area contributed by atoms with Gasteiger partial charge in [0, 0.05) is 4.88 Å². The summed E-state index contributed by atoms with van der Waals surface area (Å²) in [6.45, 7) is 0. The Balaban J connectivity index is 2.24. The van der Waals surface area contributed by atoms with Gasteiger partial charge in [-0.25, -0.2) is 4.98 Å². The summed E-state index contributed by atoms with van der Waals surface area (Å²) in [5.41, 5.74) is 1.16. The molecule has 92 valence electrons. The van der Waals surface area contributed by atoms with E-state index >= 15 is 0 Å². The third-order valence-corrected chi connectivity index (χ3v) is 4.81. The van der Waals surface area contributed by atoms with E-state index in [-0.39, 0.29) is 5.56 Å². The lowest BCUT2D eigenvalue weighted by Gasteiger charge is -2.09. The van der Waals surface area contributed by atoms with Gasteiger partial charge in [0.2, 0.25) is 5.78 Å². The molecule has 3 aromatic heterocycles. The van der Waals surface area contributed by atoms with Crippen LogP contribution in [-0.2, 0) is 12.8 Å². The SMILES string of the molecule is O=c1c2c3c(sc2nc2[nH]c(=S)[nH]n12)CCCC3. The minimum Gasteiger partial charge on any atom is -0.300 e. The van der Waals surface area contributed by atoms with Crippen LogP contribution < -0.4 is 5.56 Å². The molecule has 18 heavy (non-hydrogen) atoms. The van der Waals surface area contributed by atoms with Crippen LogP contribution in [0.2, 0.25) is 0 Å². The van der Waals surface area contributed by atoms with E-state index in [1.807, 2.05) is 0 Å². The molecule has 3 aromatic rings. The maximum absolute atomic E-state index is 12.5. The molecule has 7 heteroatoms. The highest BCUT2D eigenvalue weighted by Crippen LogP contribution is 2.33. The topological polar surface area (TPSA) is 66.0 Å². The lowest BCUT2D eigenvalue weighted by atomic mass is 9.97. The van der Waals surface area contributed by atoms with E-state index in [9.17, 15) is 4.79 Å². The van der Waals surface area contributed by atoms with Gasteiger partial charge in [-0.2, -0.15) is 4.52 Å². The minimum atomic E-state index is -0.0400. The van der Waals surface area contributed by atoms with Crippen molar-refractivity contribution in [3.8, 4) is 0 Å². The van der Waals surface area contributed by atoms with Crippen molar-refractivity contribution in [3.05, 3.63) is 25.6 Å². The zero-order valence-corrected chi connectivity index (χ0v) is 11.1. The molecule has 0 bridgehead atoms. The van der Waals surface area contributed by atoms with Crippen LogP contribution in [0.15, 0.2) is 4.79 Å². The van der Waals surface area contributed by atoms with Gasteiger partial charge >= 0.3 is 0 Å². The summed E-state index contributed by atoms with van der Waals surface area (Å²) in [7, 11) is 0. The molecule has 0 aromatic carbocycles. The Hall–Kier alpha value is -1.47. The van der Waals surface area contributed by atoms with Crippen molar-refractivity contribution >= 4 is 39.5 Å². The van der Waals surface area contributed by atoms with E-state index in [4.69, 9.17) is 12.2 Å². The van der Waals surface area contributed by atoms with Crippen LogP contribution in [0.5, 0.6) is 0 Å². The quantitative estimate of drug-likeness (QED) is 0.619. The first-order valence-corrected chi connectivity index (χ1v) is 7.12. The van der Waals surface area contributed by atoms with Gasteiger partial charge in [-0.1, -0.05) is 0 Å². The van der Waals surface area contributed by atoms with E-state index in [0.29, 0.717) is 10.5 Å². The highest BCUT2D eigenvalue weighted by Gasteiger charge is 2.20. The summed E-state index contributed by atoms with van der Waals surface area (Å²) in [4.78, 5) is 22.0. The summed E-state index contributed by atoms with van der Waals surface area (Å²) < 4.78 is 1.83. The van der Waals surface area contributed by atoms with Crippen molar-refractivity contribution in [2.75, 3.05) is 0 Å². The molecule has 0 radical (unpaired) electrons. The Labute approximate surface area is 110 Å². The first kappa shape index (κ1) is 10.5. The molecule has 3 heterocycles. The smallest absolute Gasteiger partial charge is 0.283 e. The van der Waals surface area contributed by atoms with Crippen molar-refractivity contribution < 1.29 is 0 Å². The molecule has 1 aliphatic rings. The summed E-state index contributed by atoms with van der Waals surface area (Å²) in [5.74, 6) is 0.496. The molecule has 0 saturated carbocycles. The molecule has 0 unspecified atom stereocenters. The molecule has 0 spiro atoms. The molecule has 0 atom stereocenters. The lowest BCUT2D eigenvalue weighted by Crippen LogP contribution is -2.16. The second-order valence-electron chi connectivity index (χ2n) is 4.53. The van der Waals surface area contributed by atoms with Crippen LogP contribution in [0.4, 0.5) is 0 Å². The summed E-state index contributed by atoms with van der Waals surface area (Å²) in [6, 6.07) is 0. The van der Waals surface area contributed by atoms with Crippen molar-refractivity contribution in [2.45, 2.75) is 25.7 Å². The second-order valence-corrected chi connectivity index (χ2v) is 6.02. The van der Waals surface area contributed by atoms with E-state index in [1.165, 1.54) is 21.4 Å². The van der Waals surface area contributed by atoms with Crippen molar-refractivity contribution in [3.63, 3.8) is 0 Å². The van der Waals surface area contributed by atoms with Crippen molar-refractivity contribution in [2.24, 2.45) is 0 Å². The molecule has 4 rings (SSSR count). The number of hydrogen-bond donors (Lipinski definition) is 2. The van der Waals surface area contributed by atoms with Gasteiger partial charge in [-0.3, -0.25) is 14.9 Å². The fourth-order valence-electron chi connectivity index (χ4n) is 2.62. The van der Waals surface area contributed by atoms with Crippen LogP contribution in [-0.4, -0.2) is 19.6 Å². The number of nitrogens with zero attached hydrogens (tertiary/aromatic N) is 2. The molecule has 2 N–H and O–H groups in total. The average Bonchev–Trinajstić information content (AvgIpc) is 2.89. The number of fused-ring (bicyclic) bond motifs is 4. The first-order chi connectivity index (χ1) is 8.74. The standard InChI is InChI=1S/C11H10N4OS2/c16-9-7-5-3-1-2-4-6(5)18-8(7)12-10-13-11(17)14-15(9)10/h1-4H2,(H2,12,13,14,17). The zero-order chi connectivity index (χ0) is 12.3. The average molecular weight is 278 g/mol. The van der Waals surface area contributed by atoms with Crippen LogP contribution in [0, 0.1) is 4.77 Å². The number of nitrogens with one attached hydrogen (secondary N) is 2. The van der Waals surface area contributed by atoms with E-state index in [2.05, 4.69) is 15.1 Å². The maximum atomic E-state index is 12.5. The van der Waals surface area contributed by atoms with Crippen LogP contribution in [0.25, 0.3) is 16.0 Å². The molecule has 0 amide bonds. The van der Waals surface area contributed by atoms with Gasteiger partial charge in [0.05, 0.1) is 5.39 Å². The Kier molecular flexibility index (Phi) is 2.04. The number of hydrogen-bond acceptors (Lipinski definition) is 4. The largest absolute Gasteiger partial charge is 0.300 e. The van der Waals surface area contributed by atoms with E-state index < -0.39 is 0 Å². The van der Waals surface area contributed by atoms with Crippen LogP contribution in [0.3, 0.4) is 0 Å². The molecular weight excluding hydrogens is 268 g/mol. The minimum absolute atomic E-state index is 0.0400. The fraction of sp³-hybridized carbons (Fsp3) is 0.364. The monoisotopic (exact) mass is 278 g/mol. The Morgan fingerprint density at radius 1 is 1.33 bits per heavy atom.